The second-order valence-electron chi connectivity index (χ2n) is 5.28. The van der Waals surface area contributed by atoms with E-state index >= 15 is 0 Å². The maximum atomic E-state index is 12.1. The standard InChI is InChI=1S/C16H17BrN4O2/c17-11-3-1-4-12(9-11)19-16(22)14-6-7-15(21-20-14)18-10-13-5-2-8-23-13/h1,3-4,6-7,9,13H,2,5,8,10H2,(H,18,21)(H,19,22). The molecule has 0 aliphatic carbocycles. The molecule has 2 aromatic rings. The molecule has 1 aliphatic heterocycles. The van der Waals surface area contributed by atoms with Crippen LogP contribution in [0.2, 0.25) is 0 Å². The molecule has 1 saturated heterocycles. The second-order valence-corrected chi connectivity index (χ2v) is 6.20. The van der Waals surface area contributed by atoms with E-state index in [9.17, 15) is 4.79 Å². The summed E-state index contributed by atoms with van der Waals surface area (Å²) in [6.45, 7) is 1.53. The van der Waals surface area contributed by atoms with Gasteiger partial charge in [-0.05, 0) is 43.2 Å². The first-order valence-corrected chi connectivity index (χ1v) is 8.26. The van der Waals surface area contributed by atoms with E-state index in [1.54, 1.807) is 12.1 Å². The molecule has 0 radical (unpaired) electrons. The molecule has 7 heteroatoms. The van der Waals surface area contributed by atoms with E-state index in [0.717, 1.165) is 23.9 Å². The lowest BCUT2D eigenvalue weighted by atomic mass is 10.2. The van der Waals surface area contributed by atoms with Gasteiger partial charge in [-0.15, -0.1) is 10.2 Å². The molecule has 1 aliphatic rings. The fourth-order valence-corrected chi connectivity index (χ4v) is 2.73. The third-order valence-corrected chi connectivity index (χ3v) is 4.01. The highest BCUT2D eigenvalue weighted by Gasteiger charge is 2.15. The summed E-state index contributed by atoms with van der Waals surface area (Å²) in [6.07, 6.45) is 2.40. The maximum Gasteiger partial charge on any atom is 0.276 e. The molecule has 0 spiro atoms. The number of benzene rings is 1. The summed E-state index contributed by atoms with van der Waals surface area (Å²) in [6, 6.07) is 10.8. The molecule has 1 aromatic heterocycles. The Balaban J connectivity index is 1.56. The number of nitrogens with zero attached hydrogens (tertiary/aromatic N) is 2. The Morgan fingerprint density at radius 1 is 1.30 bits per heavy atom. The summed E-state index contributed by atoms with van der Waals surface area (Å²) < 4.78 is 6.43. The quantitative estimate of drug-likeness (QED) is 0.838. The van der Waals surface area contributed by atoms with Crippen molar-refractivity contribution in [3.8, 4) is 0 Å². The second kappa shape index (κ2) is 7.52. The lowest BCUT2D eigenvalue weighted by molar-refractivity contribution is 0.102. The molecule has 2 N–H and O–H groups in total. The predicted molar refractivity (Wildman–Crippen MR) is 91.6 cm³/mol. The number of amides is 1. The molecule has 0 bridgehead atoms. The van der Waals surface area contributed by atoms with Gasteiger partial charge in [0.1, 0.15) is 5.82 Å². The average Bonchev–Trinajstić information content (AvgIpc) is 3.07. The monoisotopic (exact) mass is 376 g/mol. The van der Waals surface area contributed by atoms with E-state index in [1.165, 1.54) is 0 Å². The Bertz CT molecular complexity index is 672. The van der Waals surface area contributed by atoms with E-state index in [1.807, 2.05) is 24.3 Å². The fourth-order valence-electron chi connectivity index (χ4n) is 2.33. The molecule has 23 heavy (non-hydrogen) atoms. The zero-order valence-electron chi connectivity index (χ0n) is 12.5. The Labute approximate surface area is 142 Å². The number of hydrogen-bond donors (Lipinski definition) is 2. The topological polar surface area (TPSA) is 76.1 Å². The van der Waals surface area contributed by atoms with Crippen molar-refractivity contribution < 1.29 is 9.53 Å². The van der Waals surface area contributed by atoms with Crippen LogP contribution in [-0.4, -0.2) is 35.4 Å². The number of rotatable bonds is 5. The molecule has 120 valence electrons. The van der Waals surface area contributed by atoms with Crippen molar-refractivity contribution in [1.82, 2.24) is 10.2 Å². The summed E-state index contributed by atoms with van der Waals surface area (Å²) in [4.78, 5) is 12.1. The molecule has 1 unspecified atom stereocenters. The van der Waals surface area contributed by atoms with Gasteiger partial charge in [-0.1, -0.05) is 22.0 Å². The Morgan fingerprint density at radius 2 is 2.22 bits per heavy atom. The van der Waals surface area contributed by atoms with Crippen molar-refractivity contribution >= 4 is 33.3 Å². The van der Waals surface area contributed by atoms with Crippen LogP contribution in [0.15, 0.2) is 40.9 Å². The molecule has 2 heterocycles. The van der Waals surface area contributed by atoms with Crippen molar-refractivity contribution in [2.45, 2.75) is 18.9 Å². The number of carbonyl (C=O) groups excluding carboxylic acids is 1. The lowest BCUT2D eigenvalue weighted by Gasteiger charge is -2.11. The van der Waals surface area contributed by atoms with Gasteiger partial charge in [0.15, 0.2) is 5.69 Å². The number of hydrogen-bond acceptors (Lipinski definition) is 5. The van der Waals surface area contributed by atoms with Crippen LogP contribution < -0.4 is 10.6 Å². The minimum absolute atomic E-state index is 0.233. The minimum atomic E-state index is -0.290. The molecule has 1 aromatic carbocycles. The largest absolute Gasteiger partial charge is 0.376 e. The lowest BCUT2D eigenvalue weighted by Crippen LogP contribution is -2.20. The Kier molecular flexibility index (Phi) is 5.19. The van der Waals surface area contributed by atoms with Crippen LogP contribution in [0.4, 0.5) is 11.5 Å². The van der Waals surface area contributed by atoms with Crippen molar-refractivity contribution in [3.05, 3.63) is 46.6 Å². The van der Waals surface area contributed by atoms with Crippen LogP contribution in [0.5, 0.6) is 0 Å². The predicted octanol–water partition coefficient (Wildman–Crippen LogP) is 3.08. The first-order valence-electron chi connectivity index (χ1n) is 7.47. The number of anilines is 2. The third kappa shape index (κ3) is 4.49. The summed E-state index contributed by atoms with van der Waals surface area (Å²) in [5.41, 5.74) is 0.972. The molecule has 1 atom stereocenters. The zero-order chi connectivity index (χ0) is 16.1. The van der Waals surface area contributed by atoms with Gasteiger partial charge in [0.05, 0.1) is 6.10 Å². The van der Waals surface area contributed by atoms with Crippen LogP contribution in [0.25, 0.3) is 0 Å². The van der Waals surface area contributed by atoms with Crippen molar-refractivity contribution in [2.24, 2.45) is 0 Å². The van der Waals surface area contributed by atoms with Crippen molar-refractivity contribution in [3.63, 3.8) is 0 Å². The number of halogens is 1. The first-order chi connectivity index (χ1) is 11.2. The highest BCUT2D eigenvalue weighted by atomic mass is 79.9. The van der Waals surface area contributed by atoms with Gasteiger partial charge >= 0.3 is 0 Å². The van der Waals surface area contributed by atoms with Crippen LogP contribution in [-0.2, 0) is 4.74 Å². The maximum absolute atomic E-state index is 12.1. The van der Waals surface area contributed by atoms with Crippen LogP contribution >= 0.6 is 15.9 Å². The van der Waals surface area contributed by atoms with Crippen molar-refractivity contribution in [1.29, 1.82) is 0 Å². The van der Waals surface area contributed by atoms with E-state index in [4.69, 9.17) is 4.74 Å². The Morgan fingerprint density at radius 3 is 2.91 bits per heavy atom. The zero-order valence-corrected chi connectivity index (χ0v) is 14.0. The smallest absolute Gasteiger partial charge is 0.276 e. The number of nitrogens with one attached hydrogen (secondary N) is 2. The first kappa shape index (κ1) is 15.9. The summed E-state index contributed by atoms with van der Waals surface area (Å²) in [5.74, 6) is 0.348. The number of carbonyl (C=O) groups is 1. The SMILES string of the molecule is O=C(Nc1cccc(Br)c1)c1ccc(NCC2CCCO2)nn1. The third-order valence-electron chi connectivity index (χ3n) is 3.51. The van der Waals surface area contributed by atoms with Gasteiger partial charge in [-0.3, -0.25) is 4.79 Å². The molecule has 0 saturated carbocycles. The van der Waals surface area contributed by atoms with Crippen molar-refractivity contribution in [2.75, 3.05) is 23.8 Å². The van der Waals surface area contributed by atoms with E-state index in [0.29, 0.717) is 18.1 Å². The highest BCUT2D eigenvalue weighted by molar-refractivity contribution is 9.10. The van der Waals surface area contributed by atoms with Gasteiger partial charge < -0.3 is 15.4 Å². The van der Waals surface area contributed by atoms with Crippen LogP contribution in [0.3, 0.4) is 0 Å². The van der Waals surface area contributed by atoms with E-state index in [-0.39, 0.29) is 17.7 Å². The number of aromatic nitrogens is 2. The van der Waals surface area contributed by atoms with Crippen LogP contribution in [0.1, 0.15) is 23.3 Å². The molecule has 1 fully saturated rings. The Hall–Kier alpha value is -1.99. The van der Waals surface area contributed by atoms with E-state index < -0.39 is 0 Å². The molecular formula is C16H17BrN4O2. The van der Waals surface area contributed by atoms with E-state index in [2.05, 4.69) is 36.8 Å². The minimum Gasteiger partial charge on any atom is -0.376 e. The summed E-state index contributed by atoms with van der Waals surface area (Å²) >= 11 is 3.37. The van der Waals surface area contributed by atoms with Gasteiger partial charge in [0, 0.05) is 23.3 Å². The molecule has 3 rings (SSSR count). The van der Waals surface area contributed by atoms with Gasteiger partial charge in [-0.2, -0.15) is 0 Å². The molecule has 6 nitrogen and oxygen atoms in total. The normalized spacial score (nSPS) is 17.0. The average molecular weight is 377 g/mol. The highest BCUT2D eigenvalue weighted by Crippen LogP contribution is 2.16. The fraction of sp³-hybridized carbons (Fsp3) is 0.312. The number of ether oxygens (including phenoxy) is 1. The summed E-state index contributed by atoms with van der Waals surface area (Å²) in [5, 5.41) is 14.0. The van der Waals surface area contributed by atoms with Crippen LogP contribution in [0, 0.1) is 0 Å². The molecular weight excluding hydrogens is 360 g/mol. The van der Waals surface area contributed by atoms with Gasteiger partial charge in [0.2, 0.25) is 0 Å². The molecule has 1 amide bonds. The van der Waals surface area contributed by atoms with Gasteiger partial charge in [0.25, 0.3) is 5.91 Å². The summed E-state index contributed by atoms with van der Waals surface area (Å²) in [7, 11) is 0. The van der Waals surface area contributed by atoms with Gasteiger partial charge in [-0.25, -0.2) is 0 Å².